The number of amides is 1. The quantitative estimate of drug-likeness (QED) is 0.443. The van der Waals surface area contributed by atoms with E-state index in [1.807, 2.05) is 32.0 Å². The predicted molar refractivity (Wildman–Crippen MR) is 133 cm³/mol. The van der Waals surface area contributed by atoms with Crippen LogP contribution in [-0.2, 0) is 16.6 Å². The van der Waals surface area contributed by atoms with Crippen LogP contribution in [0.3, 0.4) is 0 Å². The van der Waals surface area contributed by atoms with Gasteiger partial charge in [-0.25, -0.2) is 8.42 Å². The van der Waals surface area contributed by atoms with Crippen molar-refractivity contribution in [2.75, 3.05) is 23.7 Å². The molecule has 33 heavy (non-hydrogen) atoms. The number of carbonyl (C=O) groups is 1. The van der Waals surface area contributed by atoms with Crippen LogP contribution in [-0.4, -0.2) is 33.7 Å². The van der Waals surface area contributed by atoms with Crippen molar-refractivity contribution in [3.8, 4) is 5.75 Å². The minimum atomic E-state index is -3.55. The molecule has 0 saturated carbocycles. The Balaban J connectivity index is 1.58. The van der Waals surface area contributed by atoms with Gasteiger partial charge in [0.15, 0.2) is 0 Å². The zero-order valence-electron chi connectivity index (χ0n) is 18.8. The summed E-state index contributed by atoms with van der Waals surface area (Å²) < 4.78 is 31.7. The highest BCUT2D eigenvalue weighted by atomic mass is 35.5. The predicted octanol–water partition coefficient (Wildman–Crippen LogP) is 4.73. The van der Waals surface area contributed by atoms with E-state index >= 15 is 0 Å². The van der Waals surface area contributed by atoms with Crippen LogP contribution in [0.25, 0.3) is 0 Å². The lowest BCUT2D eigenvalue weighted by Gasteiger charge is -2.23. The first-order valence-corrected chi connectivity index (χ1v) is 12.7. The van der Waals surface area contributed by atoms with Crippen LogP contribution in [0.2, 0.25) is 5.02 Å². The molecule has 0 bridgehead atoms. The first-order valence-electron chi connectivity index (χ1n) is 10.4. The van der Waals surface area contributed by atoms with Crippen LogP contribution in [0.5, 0.6) is 5.75 Å². The van der Waals surface area contributed by atoms with Crippen molar-refractivity contribution >= 4 is 33.2 Å². The Morgan fingerprint density at radius 3 is 2.36 bits per heavy atom. The van der Waals surface area contributed by atoms with Gasteiger partial charge in [-0.2, -0.15) is 0 Å². The van der Waals surface area contributed by atoms with E-state index in [2.05, 4.69) is 5.32 Å². The summed E-state index contributed by atoms with van der Waals surface area (Å²) in [7, 11) is -3.55. The maximum Gasteiger partial charge on any atom is 0.251 e. The van der Waals surface area contributed by atoms with Gasteiger partial charge in [0, 0.05) is 5.56 Å². The van der Waals surface area contributed by atoms with E-state index in [-0.39, 0.29) is 12.5 Å². The molecular formula is C25H27ClN2O4S. The molecular weight excluding hydrogens is 460 g/mol. The molecule has 174 valence electrons. The summed E-state index contributed by atoms with van der Waals surface area (Å²) in [5.41, 5.74) is 3.84. The molecule has 0 aliphatic heterocycles. The maximum absolute atomic E-state index is 12.4. The molecule has 0 spiro atoms. The molecule has 8 heteroatoms. The van der Waals surface area contributed by atoms with E-state index < -0.39 is 10.0 Å². The highest BCUT2D eigenvalue weighted by molar-refractivity contribution is 7.92. The van der Waals surface area contributed by atoms with Crippen LogP contribution in [0, 0.1) is 13.8 Å². The molecule has 0 radical (unpaired) electrons. The molecule has 3 aromatic rings. The number of halogens is 1. The molecule has 0 fully saturated rings. The summed E-state index contributed by atoms with van der Waals surface area (Å²) in [6, 6.07) is 19.5. The summed E-state index contributed by atoms with van der Waals surface area (Å²) in [4.78, 5) is 12.4. The third-order valence-electron chi connectivity index (χ3n) is 5.04. The highest BCUT2D eigenvalue weighted by Gasteiger charge is 2.20. The molecule has 3 rings (SSSR count). The molecule has 0 atom stereocenters. The molecule has 6 nitrogen and oxygen atoms in total. The van der Waals surface area contributed by atoms with Gasteiger partial charge in [-0.05, 0) is 55.3 Å². The number of sulfonamides is 1. The number of aryl methyl sites for hydroxylation is 2. The number of para-hydroxylation sites is 1. The maximum atomic E-state index is 12.4. The Morgan fingerprint density at radius 2 is 1.73 bits per heavy atom. The zero-order valence-corrected chi connectivity index (χ0v) is 20.4. The van der Waals surface area contributed by atoms with Gasteiger partial charge in [-0.1, -0.05) is 53.6 Å². The first-order chi connectivity index (χ1) is 15.6. The number of hydrogen-bond donors (Lipinski definition) is 1. The minimum Gasteiger partial charge on any atom is -0.491 e. The van der Waals surface area contributed by atoms with Crippen LogP contribution >= 0.6 is 11.6 Å². The molecule has 0 aromatic heterocycles. The number of rotatable bonds is 9. The normalized spacial score (nSPS) is 11.2. The Kier molecular flexibility index (Phi) is 8.00. The number of carbonyl (C=O) groups excluding carboxylic acids is 1. The van der Waals surface area contributed by atoms with Gasteiger partial charge in [0.25, 0.3) is 5.91 Å². The van der Waals surface area contributed by atoms with Crippen LogP contribution in [0.1, 0.15) is 27.0 Å². The van der Waals surface area contributed by atoms with Crippen LogP contribution in [0.4, 0.5) is 5.69 Å². The highest BCUT2D eigenvalue weighted by Crippen LogP contribution is 2.28. The largest absolute Gasteiger partial charge is 0.491 e. The molecule has 1 N–H and O–H groups in total. The van der Waals surface area contributed by atoms with Crippen molar-refractivity contribution in [2.24, 2.45) is 0 Å². The van der Waals surface area contributed by atoms with Crippen molar-refractivity contribution in [1.82, 2.24) is 5.32 Å². The topological polar surface area (TPSA) is 75.7 Å². The van der Waals surface area contributed by atoms with E-state index in [0.29, 0.717) is 29.4 Å². The van der Waals surface area contributed by atoms with Crippen molar-refractivity contribution in [2.45, 2.75) is 20.4 Å². The van der Waals surface area contributed by atoms with Crippen molar-refractivity contribution < 1.29 is 17.9 Å². The Hall–Kier alpha value is -3.03. The first kappa shape index (κ1) is 24.6. The van der Waals surface area contributed by atoms with Crippen LogP contribution in [0.15, 0.2) is 66.7 Å². The van der Waals surface area contributed by atoms with E-state index in [4.69, 9.17) is 16.3 Å². The van der Waals surface area contributed by atoms with Gasteiger partial charge in [0.05, 0.1) is 30.1 Å². The van der Waals surface area contributed by atoms with Gasteiger partial charge in [0.2, 0.25) is 10.0 Å². The summed E-state index contributed by atoms with van der Waals surface area (Å²) in [6.07, 6.45) is 1.14. The van der Waals surface area contributed by atoms with Crippen molar-refractivity contribution in [1.29, 1.82) is 0 Å². The van der Waals surface area contributed by atoms with Gasteiger partial charge in [-0.15, -0.1) is 0 Å². The number of nitrogens with zero attached hydrogens (tertiary/aromatic N) is 1. The average Bonchev–Trinajstić information content (AvgIpc) is 2.76. The number of benzene rings is 3. The molecule has 3 aromatic carbocycles. The Morgan fingerprint density at radius 1 is 1.03 bits per heavy atom. The molecule has 0 heterocycles. The summed E-state index contributed by atoms with van der Waals surface area (Å²) in [6.45, 7) is 4.84. The van der Waals surface area contributed by atoms with Gasteiger partial charge in [-0.3, -0.25) is 9.10 Å². The molecule has 1 amide bonds. The Labute approximate surface area is 200 Å². The molecule has 0 saturated heterocycles. The fourth-order valence-electron chi connectivity index (χ4n) is 3.35. The fraction of sp³-hybridized carbons (Fsp3) is 0.240. The summed E-state index contributed by atoms with van der Waals surface area (Å²) in [5.74, 6) is 0.574. The second-order valence-electron chi connectivity index (χ2n) is 7.79. The van der Waals surface area contributed by atoms with Gasteiger partial charge in [0.1, 0.15) is 12.4 Å². The second-order valence-corrected chi connectivity index (χ2v) is 10.1. The molecule has 0 aliphatic carbocycles. The summed E-state index contributed by atoms with van der Waals surface area (Å²) in [5, 5.41) is 3.18. The van der Waals surface area contributed by atoms with Gasteiger partial charge >= 0.3 is 0 Å². The number of hydrogen-bond acceptors (Lipinski definition) is 4. The molecule has 0 aliphatic rings. The van der Waals surface area contributed by atoms with E-state index in [9.17, 15) is 13.2 Å². The average molecular weight is 487 g/mol. The minimum absolute atomic E-state index is 0.105. The van der Waals surface area contributed by atoms with Gasteiger partial charge < -0.3 is 10.1 Å². The van der Waals surface area contributed by atoms with Crippen molar-refractivity contribution in [3.63, 3.8) is 0 Å². The number of ether oxygens (including phenoxy) is 1. The van der Waals surface area contributed by atoms with E-state index in [1.54, 1.807) is 48.5 Å². The van der Waals surface area contributed by atoms with E-state index in [0.717, 1.165) is 23.1 Å². The SMILES string of the molecule is Cc1ccc(OCCNC(=O)c2ccc(CN(c3ccccc3Cl)S(C)(=O)=O)cc2)c(C)c1. The van der Waals surface area contributed by atoms with E-state index in [1.165, 1.54) is 9.87 Å². The second kappa shape index (κ2) is 10.7. The molecule has 0 unspecified atom stereocenters. The lowest BCUT2D eigenvalue weighted by Crippen LogP contribution is -2.30. The lowest BCUT2D eigenvalue weighted by atomic mass is 10.1. The third kappa shape index (κ3) is 6.73. The zero-order chi connectivity index (χ0) is 24.0. The number of nitrogens with one attached hydrogen (secondary N) is 1. The standard InChI is InChI=1S/C25H27ClN2O4S/c1-18-8-13-24(19(2)16-18)32-15-14-27-25(29)21-11-9-20(10-12-21)17-28(33(3,30)31)23-7-5-4-6-22(23)26/h4-13,16H,14-15,17H2,1-3H3,(H,27,29). The smallest absolute Gasteiger partial charge is 0.251 e. The summed E-state index contributed by atoms with van der Waals surface area (Å²) >= 11 is 6.20. The third-order valence-corrected chi connectivity index (χ3v) is 6.49. The fourth-order valence-corrected chi connectivity index (χ4v) is 4.54. The Bertz CT molecular complexity index is 1230. The lowest BCUT2D eigenvalue weighted by molar-refractivity contribution is 0.0947. The monoisotopic (exact) mass is 486 g/mol. The number of anilines is 1. The van der Waals surface area contributed by atoms with Crippen molar-refractivity contribution in [3.05, 3.63) is 94.0 Å². The van der Waals surface area contributed by atoms with Crippen LogP contribution < -0.4 is 14.4 Å².